The lowest BCUT2D eigenvalue weighted by molar-refractivity contribution is -0.0932. The largest absolute Gasteiger partial charge is 0.375 e. The quantitative estimate of drug-likeness (QED) is 0.870. The number of pyridine rings is 1. The van der Waals surface area contributed by atoms with Gasteiger partial charge in [-0.15, -0.1) is 0 Å². The van der Waals surface area contributed by atoms with Crippen LogP contribution in [0.15, 0.2) is 24.4 Å². The van der Waals surface area contributed by atoms with Crippen LogP contribution in [0.4, 0.5) is 0 Å². The van der Waals surface area contributed by atoms with Crippen molar-refractivity contribution < 1.29 is 4.74 Å². The van der Waals surface area contributed by atoms with Gasteiger partial charge in [-0.3, -0.25) is 4.98 Å². The van der Waals surface area contributed by atoms with Crippen LogP contribution in [0, 0.1) is 0 Å². The maximum atomic E-state index is 5.99. The van der Waals surface area contributed by atoms with Crippen LogP contribution >= 0.6 is 0 Å². The number of ether oxygens (including phenoxy) is 1. The highest BCUT2D eigenvalue weighted by Gasteiger charge is 2.34. The van der Waals surface area contributed by atoms with Crippen LogP contribution in [0.1, 0.15) is 45.2 Å². The van der Waals surface area contributed by atoms with Gasteiger partial charge in [-0.25, -0.2) is 0 Å². The maximum Gasteiger partial charge on any atom is 0.0692 e. The molecule has 1 aliphatic rings. The second kappa shape index (κ2) is 6.30. The number of rotatable bonds is 5. The van der Waals surface area contributed by atoms with Crippen molar-refractivity contribution in [2.45, 2.75) is 57.7 Å². The van der Waals surface area contributed by atoms with Crippen LogP contribution < -0.4 is 5.32 Å². The summed E-state index contributed by atoms with van der Waals surface area (Å²) in [6, 6.07) is 6.62. The Morgan fingerprint density at radius 2 is 2.22 bits per heavy atom. The first kappa shape index (κ1) is 13.5. The van der Waals surface area contributed by atoms with E-state index in [1.807, 2.05) is 18.3 Å². The molecule has 0 saturated carbocycles. The summed E-state index contributed by atoms with van der Waals surface area (Å²) in [5.74, 6) is 0. The molecular formula is C15H24N2O. The highest BCUT2D eigenvalue weighted by Crippen LogP contribution is 2.31. The summed E-state index contributed by atoms with van der Waals surface area (Å²) in [5.41, 5.74) is 1.21. The number of aromatic nitrogens is 1. The van der Waals surface area contributed by atoms with E-state index in [2.05, 4.69) is 30.2 Å². The summed E-state index contributed by atoms with van der Waals surface area (Å²) in [5, 5.41) is 3.62. The molecule has 1 N–H and O–H groups in total. The summed E-state index contributed by atoms with van der Waals surface area (Å²) in [7, 11) is 0. The molecule has 100 valence electrons. The lowest BCUT2D eigenvalue weighted by Gasteiger charge is -2.40. The Morgan fingerprint density at radius 1 is 1.39 bits per heavy atom. The third-order valence-electron chi connectivity index (χ3n) is 4.08. The molecule has 2 rings (SSSR count). The molecule has 1 saturated heterocycles. The number of nitrogens with one attached hydrogen (secondary N) is 1. The number of hydrogen-bond acceptors (Lipinski definition) is 3. The van der Waals surface area contributed by atoms with Gasteiger partial charge in [-0.05, 0) is 37.8 Å². The van der Waals surface area contributed by atoms with E-state index in [-0.39, 0.29) is 5.60 Å². The van der Waals surface area contributed by atoms with Gasteiger partial charge in [-0.1, -0.05) is 19.9 Å². The Labute approximate surface area is 110 Å². The Morgan fingerprint density at radius 3 is 2.89 bits per heavy atom. The first-order valence-electron chi connectivity index (χ1n) is 7.05. The zero-order valence-corrected chi connectivity index (χ0v) is 11.5. The van der Waals surface area contributed by atoms with Crippen LogP contribution in [0.25, 0.3) is 0 Å². The fourth-order valence-electron chi connectivity index (χ4n) is 2.70. The summed E-state index contributed by atoms with van der Waals surface area (Å²) in [4.78, 5) is 4.35. The molecule has 0 amide bonds. The van der Waals surface area contributed by atoms with E-state index < -0.39 is 0 Å². The van der Waals surface area contributed by atoms with Crippen molar-refractivity contribution in [2.24, 2.45) is 0 Å². The van der Waals surface area contributed by atoms with Crippen molar-refractivity contribution in [2.75, 3.05) is 6.61 Å². The van der Waals surface area contributed by atoms with Crippen LogP contribution in [-0.4, -0.2) is 23.2 Å². The SMILES string of the molecule is CCC1(CC)CC(NCc2ccccn2)CCO1. The highest BCUT2D eigenvalue weighted by molar-refractivity contribution is 5.03. The topological polar surface area (TPSA) is 34.2 Å². The van der Waals surface area contributed by atoms with E-state index in [0.29, 0.717) is 6.04 Å². The smallest absolute Gasteiger partial charge is 0.0692 e. The fraction of sp³-hybridized carbons (Fsp3) is 0.667. The molecule has 1 fully saturated rings. The van der Waals surface area contributed by atoms with Crippen LogP contribution in [0.5, 0.6) is 0 Å². The summed E-state index contributed by atoms with van der Waals surface area (Å²) in [6.07, 6.45) is 6.28. The van der Waals surface area contributed by atoms with E-state index >= 15 is 0 Å². The highest BCUT2D eigenvalue weighted by atomic mass is 16.5. The molecule has 1 unspecified atom stereocenters. The van der Waals surface area contributed by atoms with Gasteiger partial charge in [0.1, 0.15) is 0 Å². The zero-order valence-electron chi connectivity index (χ0n) is 11.5. The van der Waals surface area contributed by atoms with E-state index in [1.54, 1.807) is 0 Å². The van der Waals surface area contributed by atoms with Crippen molar-refractivity contribution in [3.63, 3.8) is 0 Å². The van der Waals surface area contributed by atoms with Gasteiger partial charge in [-0.2, -0.15) is 0 Å². The third-order valence-corrected chi connectivity index (χ3v) is 4.08. The van der Waals surface area contributed by atoms with E-state index in [0.717, 1.165) is 44.5 Å². The average Bonchev–Trinajstić information content (AvgIpc) is 2.46. The van der Waals surface area contributed by atoms with E-state index in [4.69, 9.17) is 4.74 Å². The molecule has 0 spiro atoms. The Balaban J connectivity index is 1.86. The van der Waals surface area contributed by atoms with Gasteiger partial charge >= 0.3 is 0 Å². The van der Waals surface area contributed by atoms with E-state index in [1.165, 1.54) is 0 Å². The van der Waals surface area contributed by atoms with Crippen molar-refractivity contribution in [3.05, 3.63) is 30.1 Å². The Bertz CT molecular complexity index is 349. The second-order valence-electron chi connectivity index (χ2n) is 5.13. The molecule has 3 nitrogen and oxygen atoms in total. The Hall–Kier alpha value is -0.930. The predicted molar refractivity (Wildman–Crippen MR) is 73.4 cm³/mol. The van der Waals surface area contributed by atoms with Gasteiger partial charge in [0.05, 0.1) is 11.3 Å². The van der Waals surface area contributed by atoms with Crippen LogP contribution in [-0.2, 0) is 11.3 Å². The molecule has 18 heavy (non-hydrogen) atoms. The van der Waals surface area contributed by atoms with Crippen LogP contribution in [0.3, 0.4) is 0 Å². The minimum absolute atomic E-state index is 0.0973. The maximum absolute atomic E-state index is 5.99. The molecule has 0 radical (unpaired) electrons. The number of hydrogen-bond donors (Lipinski definition) is 1. The molecule has 1 atom stereocenters. The van der Waals surface area contributed by atoms with Gasteiger partial charge in [0.25, 0.3) is 0 Å². The molecule has 1 aromatic rings. The normalized spacial score (nSPS) is 22.9. The standard InChI is InChI=1S/C15H24N2O/c1-3-15(4-2)11-13(8-10-18-15)17-12-14-7-5-6-9-16-14/h5-7,9,13,17H,3-4,8,10-12H2,1-2H3. The van der Waals surface area contributed by atoms with Crippen molar-refractivity contribution in [3.8, 4) is 0 Å². The van der Waals surface area contributed by atoms with E-state index in [9.17, 15) is 0 Å². The molecule has 3 heteroatoms. The van der Waals surface area contributed by atoms with Gasteiger partial charge < -0.3 is 10.1 Å². The molecule has 0 bridgehead atoms. The monoisotopic (exact) mass is 248 g/mol. The van der Waals surface area contributed by atoms with Crippen molar-refractivity contribution in [1.82, 2.24) is 10.3 Å². The molecule has 1 aromatic heterocycles. The second-order valence-corrected chi connectivity index (χ2v) is 5.13. The number of nitrogens with zero attached hydrogens (tertiary/aromatic N) is 1. The summed E-state index contributed by atoms with van der Waals surface area (Å²) < 4.78 is 5.99. The van der Waals surface area contributed by atoms with Crippen LogP contribution in [0.2, 0.25) is 0 Å². The fourth-order valence-corrected chi connectivity index (χ4v) is 2.70. The molecular weight excluding hydrogens is 224 g/mol. The Kier molecular flexibility index (Phi) is 4.72. The minimum atomic E-state index is 0.0973. The lowest BCUT2D eigenvalue weighted by atomic mass is 9.86. The molecule has 0 aromatic carbocycles. The zero-order chi connectivity index (χ0) is 12.8. The molecule has 2 heterocycles. The van der Waals surface area contributed by atoms with Gasteiger partial charge in [0.15, 0.2) is 0 Å². The first-order chi connectivity index (χ1) is 8.78. The summed E-state index contributed by atoms with van der Waals surface area (Å²) in [6.45, 7) is 6.19. The first-order valence-corrected chi connectivity index (χ1v) is 7.05. The predicted octanol–water partition coefficient (Wildman–Crippen LogP) is 2.91. The third kappa shape index (κ3) is 3.30. The lowest BCUT2D eigenvalue weighted by Crippen LogP contribution is -2.46. The molecule has 0 aliphatic carbocycles. The van der Waals surface area contributed by atoms with Crippen molar-refractivity contribution >= 4 is 0 Å². The van der Waals surface area contributed by atoms with Gasteiger partial charge in [0.2, 0.25) is 0 Å². The summed E-state index contributed by atoms with van der Waals surface area (Å²) >= 11 is 0. The minimum Gasteiger partial charge on any atom is -0.375 e. The van der Waals surface area contributed by atoms with Crippen molar-refractivity contribution in [1.29, 1.82) is 0 Å². The average molecular weight is 248 g/mol. The van der Waals surface area contributed by atoms with Gasteiger partial charge in [0, 0.05) is 25.4 Å². The molecule has 1 aliphatic heterocycles.